The third-order valence-electron chi connectivity index (χ3n) is 3.22. The molecule has 0 aliphatic carbocycles. The molecular weight excluding hydrogens is 216 g/mol. The number of hydrogen-bond acceptors (Lipinski definition) is 4. The predicted molar refractivity (Wildman–Crippen MR) is 68.7 cm³/mol. The molecule has 0 spiro atoms. The lowest BCUT2D eigenvalue weighted by molar-refractivity contribution is -0.110. The fourth-order valence-corrected chi connectivity index (χ4v) is 1.81. The summed E-state index contributed by atoms with van der Waals surface area (Å²) in [6.07, 6.45) is 2.28. The highest BCUT2D eigenvalue weighted by molar-refractivity contribution is 5.38. The molecular formula is C13H22N2O2. The van der Waals surface area contributed by atoms with Gasteiger partial charge in [-0.25, -0.2) is 4.98 Å². The highest BCUT2D eigenvalue weighted by atomic mass is 16.5. The number of nitrogens with zero attached hydrogens (tertiary/aromatic N) is 1. The van der Waals surface area contributed by atoms with Gasteiger partial charge in [-0.05, 0) is 31.9 Å². The lowest BCUT2D eigenvalue weighted by Crippen LogP contribution is -2.43. The molecule has 0 bridgehead atoms. The van der Waals surface area contributed by atoms with E-state index in [-0.39, 0.29) is 0 Å². The Balaban J connectivity index is 2.77. The van der Waals surface area contributed by atoms with Crippen molar-refractivity contribution in [2.45, 2.75) is 45.3 Å². The van der Waals surface area contributed by atoms with E-state index in [0.29, 0.717) is 18.8 Å². The molecule has 2 unspecified atom stereocenters. The molecule has 0 saturated heterocycles. The first kappa shape index (κ1) is 13.9. The van der Waals surface area contributed by atoms with Gasteiger partial charge in [-0.2, -0.15) is 0 Å². The van der Waals surface area contributed by atoms with E-state index in [1.807, 2.05) is 32.9 Å². The summed E-state index contributed by atoms with van der Waals surface area (Å²) >= 11 is 0. The van der Waals surface area contributed by atoms with Crippen molar-refractivity contribution in [3.05, 3.63) is 23.9 Å². The minimum absolute atomic E-state index is 0.462. The van der Waals surface area contributed by atoms with Crippen LogP contribution in [0.1, 0.15) is 32.8 Å². The molecule has 96 valence electrons. The van der Waals surface area contributed by atoms with E-state index in [4.69, 9.17) is 10.5 Å². The smallest absolute Gasteiger partial charge is 0.126 e. The summed E-state index contributed by atoms with van der Waals surface area (Å²) in [5.74, 6) is 0.474. The van der Waals surface area contributed by atoms with Crippen molar-refractivity contribution < 1.29 is 9.84 Å². The Morgan fingerprint density at radius 2 is 2.24 bits per heavy atom. The van der Waals surface area contributed by atoms with Gasteiger partial charge in [-0.15, -0.1) is 0 Å². The Hall–Kier alpha value is -1.13. The van der Waals surface area contributed by atoms with Crippen LogP contribution in [0.4, 0.5) is 5.82 Å². The van der Waals surface area contributed by atoms with Gasteiger partial charge in [0.15, 0.2) is 0 Å². The maximum atomic E-state index is 10.3. The summed E-state index contributed by atoms with van der Waals surface area (Å²) in [5.41, 5.74) is 6.09. The second-order valence-corrected chi connectivity index (χ2v) is 4.37. The molecule has 0 aliphatic heterocycles. The third-order valence-corrected chi connectivity index (χ3v) is 3.22. The summed E-state index contributed by atoms with van der Waals surface area (Å²) in [6, 6.07) is 3.70. The Morgan fingerprint density at radius 1 is 1.53 bits per heavy atom. The topological polar surface area (TPSA) is 68.4 Å². The zero-order chi connectivity index (χ0) is 12.9. The molecule has 17 heavy (non-hydrogen) atoms. The Kier molecular flexibility index (Phi) is 4.90. The number of aliphatic hydroxyl groups is 1. The molecule has 2 atom stereocenters. The molecule has 0 aliphatic rings. The normalized spacial score (nSPS) is 16.5. The molecule has 1 aromatic heterocycles. The largest absolute Gasteiger partial charge is 0.390 e. The first-order valence-corrected chi connectivity index (χ1v) is 6.05. The van der Waals surface area contributed by atoms with Crippen LogP contribution >= 0.6 is 0 Å². The van der Waals surface area contributed by atoms with Gasteiger partial charge in [0.25, 0.3) is 0 Å². The van der Waals surface area contributed by atoms with Gasteiger partial charge in [0.2, 0.25) is 0 Å². The fourth-order valence-electron chi connectivity index (χ4n) is 1.81. The number of rotatable bonds is 6. The number of pyridine rings is 1. The minimum atomic E-state index is -0.584. The van der Waals surface area contributed by atoms with E-state index in [9.17, 15) is 5.11 Å². The quantitative estimate of drug-likeness (QED) is 0.792. The van der Waals surface area contributed by atoms with Gasteiger partial charge in [-0.3, -0.25) is 0 Å². The van der Waals surface area contributed by atoms with Crippen LogP contribution in [0.25, 0.3) is 0 Å². The van der Waals surface area contributed by atoms with Crippen molar-refractivity contribution in [3.8, 4) is 0 Å². The van der Waals surface area contributed by atoms with E-state index in [1.54, 1.807) is 6.20 Å². The number of hydrogen-bond donors (Lipinski definition) is 2. The number of nitrogen functional groups attached to an aromatic ring is 1. The van der Waals surface area contributed by atoms with Gasteiger partial charge < -0.3 is 15.6 Å². The average Bonchev–Trinajstić information content (AvgIpc) is 2.32. The molecule has 4 nitrogen and oxygen atoms in total. The van der Waals surface area contributed by atoms with Crippen molar-refractivity contribution in [3.63, 3.8) is 0 Å². The standard InChI is InChI=1S/C13H22N2O2/c1-4-13(3,17-5-2)11(16)9-10-7-6-8-15-12(10)14/h6-8,11,16H,4-5,9H2,1-3H3,(H2,14,15). The molecule has 0 aromatic carbocycles. The van der Waals surface area contributed by atoms with Crippen molar-refractivity contribution >= 4 is 5.82 Å². The average molecular weight is 238 g/mol. The van der Waals surface area contributed by atoms with Crippen LogP contribution in [0.15, 0.2) is 18.3 Å². The molecule has 3 N–H and O–H groups in total. The van der Waals surface area contributed by atoms with Crippen molar-refractivity contribution in [2.24, 2.45) is 0 Å². The Bertz CT molecular complexity index is 357. The van der Waals surface area contributed by atoms with E-state index >= 15 is 0 Å². The van der Waals surface area contributed by atoms with Crippen LogP contribution in [0.2, 0.25) is 0 Å². The molecule has 0 radical (unpaired) electrons. The second kappa shape index (κ2) is 5.98. The molecule has 1 heterocycles. The molecule has 0 fully saturated rings. The number of aliphatic hydroxyl groups excluding tert-OH is 1. The number of anilines is 1. The summed E-state index contributed by atoms with van der Waals surface area (Å²) in [4.78, 5) is 4.01. The number of nitrogens with two attached hydrogens (primary N) is 1. The monoisotopic (exact) mass is 238 g/mol. The Labute approximate surface area is 103 Å². The highest BCUT2D eigenvalue weighted by Crippen LogP contribution is 2.24. The maximum Gasteiger partial charge on any atom is 0.126 e. The van der Waals surface area contributed by atoms with Crippen LogP contribution in [0.5, 0.6) is 0 Å². The lowest BCUT2D eigenvalue weighted by atomic mass is 9.91. The summed E-state index contributed by atoms with van der Waals surface area (Å²) in [5, 5.41) is 10.3. The van der Waals surface area contributed by atoms with E-state index < -0.39 is 11.7 Å². The number of aromatic nitrogens is 1. The first-order chi connectivity index (χ1) is 8.03. The zero-order valence-corrected chi connectivity index (χ0v) is 10.8. The fraction of sp³-hybridized carbons (Fsp3) is 0.615. The Morgan fingerprint density at radius 3 is 2.76 bits per heavy atom. The molecule has 1 aromatic rings. The van der Waals surface area contributed by atoms with Crippen LogP contribution in [-0.2, 0) is 11.2 Å². The van der Waals surface area contributed by atoms with E-state index in [0.717, 1.165) is 12.0 Å². The van der Waals surface area contributed by atoms with E-state index in [1.165, 1.54) is 0 Å². The van der Waals surface area contributed by atoms with Crippen molar-refractivity contribution in [2.75, 3.05) is 12.3 Å². The molecule has 0 amide bonds. The summed E-state index contributed by atoms with van der Waals surface area (Å²) in [6.45, 7) is 6.45. The summed E-state index contributed by atoms with van der Waals surface area (Å²) < 4.78 is 5.64. The lowest BCUT2D eigenvalue weighted by Gasteiger charge is -2.33. The van der Waals surface area contributed by atoms with Gasteiger partial charge in [0, 0.05) is 19.2 Å². The second-order valence-electron chi connectivity index (χ2n) is 4.37. The molecule has 4 heteroatoms. The van der Waals surface area contributed by atoms with Crippen molar-refractivity contribution in [1.29, 1.82) is 0 Å². The zero-order valence-electron chi connectivity index (χ0n) is 10.8. The maximum absolute atomic E-state index is 10.3. The van der Waals surface area contributed by atoms with Gasteiger partial charge in [0.05, 0.1) is 11.7 Å². The third kappa shape index (κ3) is 3.41. The van der Waals surface area contributed by atoms with Crippen LogP contribution in [0.3, 0.4) is 0 Å². The van der Waals surface area contributed by atoms with Gasteiger partial charge in [0.1, 0.15) is 5.82 Å². The molecule has 1 rings (SSSR count). The highest BCUT2D eigenvalue weighted by Gasteiger charge is 2.32. The first-order valence-electron chi connectivity index (χ1n) is 6.05. The van der Waals surface area contributed by atoms with E-state index in [2.05, 4.69) is 4.98 Å². The summed E-state index contributed by atoms with van der Waals surface area (Å²) in [7, 11) is 0. The minimum Gasteiger partial charge on any atom is -0.390 e. The molecule has 0 saturated carbocycles. The number of ether oxygens (including phenoxy) is 1. The van der Waals surface area contributed by atoms with Crippen molar-refractivity contribution in [1.82, 2.24) is 4.98 Å². The van der Waals surface area contributed by atoms with Crippen LogP contribution in [0, 0.1) is 0 Å². The SMILES string of the molecule is CCOC(C)(CC)C(O)Cc1cccnc1N. The van der Waals surface area contributed by atoms with Gasteiger partial charge in [-0.1, -0.05) is 13.0 Å². The van der Waals surface area contributed by atoms with Crippen LogP contribution < -0.4 is 5.73 Å². The van der Waals surface area contributed by atoms with Gasteiger partial charge >= 0.3 is 0 Å². The predicted octanol–water partition coefficient (Wildman–Crippen LogP) is 1.77. The van der Waals surface area contributed by atoms with Crippen LogP contribution in [-0.4, -0.2) is 28.4 Å².